The average Bonchev–Trinajstić information content (AvgIpc) is 2.97. The summed E-state index contributed by atoms with van der Waals surface area (Å²) in [7, 11) is 0. The SMILES string of the molecule is C[C@H](NC(=O)CN1C(=O)N[C@](C)(c2ccc(Cl)cc2)C1=O)c1ccc2c(c1)CCCC2. The third kappa shape index (κ3) is 4.17. The molecular formula is C24H26ClN3O3. The van der Waals surface area contributed by atoms with Crippen LogP contribution in [0.5, 0.6) is 0 Å². The standard InChI is InChI=1S/C24H26ClN3O3/c1-15(17-8-7-16-5-3-4-6-18(16)13-17)26-21(29)14-28-22(30)24(2,27-23(28)31)19-9-11-20(25)12-10-19/h7-13,15H,3-6,14H2,1-2H3,(H,26,29)(H,27,31)/t15-,24+/m0/s1. The van der Waals surface area contributed by atoms with E-state index in [1.807, 2.05) is 13.0 Å². The second-order valence-electron chi connectivity index (χ2n) is 8.48. The quantitative estimate of drug-likeness (QED) is 0.694. The molecule has 1 fully saturated rings. The van der Waals surface area contributed by atoms with Gasteiger partial charge in [-0.05, 0) is 73.9 Å². The van der Waals surface area contributed by atoms with E-state index in [2.05, 4.69) is 22.8 Å². The third-order valence-electron chi connectivity index (χ3n) is 6.25. The molecule has 4 rings (SSSR count). The van der Waals surface area contributed by atoms with Crippen LogP contribution in [0, 0.1) is 0 Å². The molecule has 2 atom stereocenters. The summed E-state index contributed by atoms with van der Waals surface area (Å²) < 4.78 is 0. The molecule has 1 aliphatic carbocycles. The van der Waals surface area contributed by atoms with E-state index in [-0.39, 0.29) is 18.5 Å². The van der Waals surface area contributed by atoms with Crippen LogP contribution in [0.1, 0.15) is 55.0 Å². The highest BCUT2D eigenvalue weighted by Gasteiger charge is 2.49. The molecule has 0 bridgehead atoms. The molecule has 2 aliphatic rings. The maximum Gasteiger partial charge on any atom is 0.325 e. The van der Waals surface area contributed by atoms with Crippen molar-refractivity contribution >= 4 is 29.4 Å². The summed E-state index contributed by atoms with van der Waals surface area (Å²) in [5.41, 5.74) is 3.14. The molecule has 1 saturated heterocycles. The molecule has 2 aromatic carbocycles. The minimum Gasteiger partial charge on any atom is -0.348 e. The molecule has 6 nitrogen and oxygen atoms in total. The Labute approximate surface area is 187 Å². The fourth-order valence-corrected chi connectivity index (χ4v) is 4.48. The zero-order valence-corrected chi connectivity index (χ0v) is 18.5. The summed E-state index contributed by atoms with van der Waals surface area (Å²) in [6.45, 7) is 3.21. The number of carbonyl (C=O) groups excluding carboxylic acids is 3. The molecule has 0 saturated carbocycles. The van der Waals surface area contributed by atoms with E-state index in [1.165, 1.54) is 24.0 Å². The Morgan fingerprint density at radius 1 is 1.13 bits per heavy atom. The summed E-state index contributed by atoms with van der Waals surface area (Å²) in [5, 5.41) is 6.16. The number of nitrogens with zero attached hydrogens (tertiary/aromatic N) is 1. The van der Waals surface area contributed by atoms with Crippen LogP contribution in [0.15, 0.2) is 42.5 Å². The van der Waals surface area contributed by atoms with Crippen LogP contribution in [0.3, 0.4) is 0 Å². The molecule has 2 aromatic rings. The first-order chi connectivity index (χ1) is 14.8. The number of carbonyl (C=O) groups is 3. The Bertz CT molecular complexity index is 1040. The molecule has 1 heterocycles. The smallest absolute Gasteiger partial charge is 0.325 e. The summed E-state index contributed by atoms with van der Waals surface area (Å²) in [6.07, 6.45) is 4.58. The van der Waals surface area contributed by atoms with Gasteiger partial charge in [-0.25, -0.2) is 4.79 Å². The average molecular weight is 440 g/mol. The van der Waals surface area contributed by atoms with Crippen molar-refractivity contribution < 1.29 is 14.4 Å². The second-order valence-corrected chi connectivity index (χ2v) is 8.91. The van der Waals surface area contributed by atoms with Crippen molar-refractivity contribution in [2.75, 3.05) is 6.54 Å². The van der Waals surface area contributed by atoms with Gasteiger partial charge >= 0.3 is 6.03 Å². The van der Waals surface area contributed by atoms with Crippen LogP contribution >= 0.6 is 11.6 Å². The number of halogens is 1. The summed E-state index contributed by atoms with van der Waals surface area (Å²) in [5.74, 6) is -0.842. The number of hydrogen-bond donors (Lipinski definition) is 2. The molecule has 0 unspecified atom stereocenters. The minimum atomic E-state index is -1.23. The van der Waals surface area contributed by atoms with Gasteiger partial charge in [0.1, 0.15) is 12.1 Å². The maximum absolute atomic E-state index is 13.0. The Morgan fingerprint density at radius 2 is 1.81 bits per heavy atom. The number of aryl methyl sites for hydroxylation is 2. The van der Waals surface area contributed by atoms with Gasteiger partial charge in [0.05, 0.1) is 6.04 Å². The van der Waals surface area contributed by atoms with E-state index in [4.69, 9.17) is 11.6 Å². The monoisotopic (exact) mass is 439 g/mol. The molecule has 31 heavy (non-hydrogen) atoms. The predicted octanol–water partition coefficient (Wildman–Crippen LogP) is 3.86. The molecule has 1 aliphatic heterocycles. The van der Waals surface area contributed by atoms with E-state index in [0.717, 1.165) is 23.3 Å². The summed E-state index contributed by atoms with van der Waals surface area (Å²) in [4.78, 5) is 39.1. The molecular weight excluding hydrogens is 414 g/mol. The van der Waals surface area contributed by atoms with Crippen molar-refractivity contribution in [3.05, 3.63) is 69.7 Å². The highest BCUT2D eigenvalue weighted by Crippen LogP contribution is 2.30. The number of fused-ring (bicyclic) bond motifs is 1. The van der Waals surface area contributed by atoms with Gasteiger partial charge in [0.25, 0.3) is 5.91 Å². The highest BCUT2D eigenvalue weighted by atomic mass is 35.5. The molecule has 4 amide bonds. The summed E-state index contributed by atoms with van der Waals surface area (Å²) >= 11 is 5.93. The number of amides is 4. The Kier molecular flexibility index (Phi) is 5.75. The van der Waals surface area contributed by atoms with E-state index in [9.17, 15) is 14.4 Å². The van der Waals surface area contributed by atoms with Crippen LogP contribution in [0.2, 0.25) is 5.02 Å². The largest absolute Gasteiger partial charge is 0.348 e. The lowest BCUT2D eigenvalue weighted by Gasteiger charge is -2.23. The Hall–Kier alpha value is -2.86. The van der Waals surface area contributed by atoms with Crippen molar-refractivity contribution in [2.45, 2.75) is 51.1 Å². The highest BCUT2D eigenvalue weighted by molar-refractivity contribution is 6.30. The molecule has 2 N–H and O–H groups in total. The molecule has 0 aromatic heterocycles. The van der Waals surface area contributed by atoms with E-state index < -0.39 is 17.5 Å². The van der Waals surface area contributed by atoms with E-state index in [0.29, 0.717) is 10.6 Å². The predicted molar refractivity (Wildman–Crippen MR) is 119 cm³/mol. The van der Waals surface area contributed by atoms with Crippen LogP contribution in [-0.4, -0.2) is 29.3 Å². The first-order valence-electron chi connectivity index (χ1n) is 10.6. The van der Waals surface area contributed by atoms with Crippen LogP contribution in [0.4, 0.5) is 4.79 Å². The number of urea groups is 1. The van der Waals surface area contributed by atoms with Gasteiger partial charge in [-0.2, -0.15) is 0 Å². The first kappa shape index (κ1) is 21.4. The topological polar surface area (TPSA) is 78.5 Å². The Balaban J connectivity index is 1.43. The molecule has 0 radical (unpaired) electrons. The molecule has 7 heteroatoms. The maximum atomic E-state index is 13.0. The number of imide groups is 1. The van der Waals surface area contributed by atoms with Gasteiger partial charge < -0.3 is 10.6 Å². The van der Waals surface area contributed by atoms with Gasteiger partial charge in [0.15, 0.2) is 0 Å². The minimum absolute atomic E-state index is 0.219. The van der Waals surface area contributed by atoms with Crippen LogP contribution in [-0.2, 0) is 28.0 Å². The van der Waals surface area contributed by atoms with Crippen LogP contribution < -0.4 is 10.6 Å². The third-order valence-corrected chi connectivity index (χ3v) is 6.50. The first-order valence-corrected chi connectivity index (χ1v) is 11.0. The van der Waals surface area contributed by atoms with E-state index in [1.54, 1.807) is 31.2 Å². The second kappa shape index (κ2) is 8.35. The number of hydrogen-bond acceptors (Lipinski definition) is 3. The Morgan fingerprint density at radius 3 is 2.52 bits per heavy atom. The number of rotatable bonds is 5. The summed E-state index contributed by atoms with van der Waals surface area (Å²) in [6, 6.07) is 12.3. The molecule has 162 valence electrons. The van der Waals surface area contributed by atoms with Crippen molar-refractivity contribution in [2.24, 2.45) is 0 Å². The van der Waals surface area contributed by atoms with Crippen LogP contribution in [0.25, 0.3) is 0 Å². The lowest BCUT2D eigenvalue weighted by molar-refractivity contribution is -0.135. The molecule has 0 spiro atoms. The zero-order valence-electron chi connectivity index (χ0n) is 17.7. The van der Waals surface area contributed by atoms with Gasteiger partial charge in [0, 0.05) is 5.02 Å². The van der Waals surface area contributed by atoms with Crippen molar-refractivity contribution in [3.8, 4) is 0 Å². The number of nitrogens with one attached hydrogen (secondary N) is 2. The lowest BCUT2D eigenvalue weighted by atomic mass is 9.89. The van der Waals surface area contributed by atoms with Gasteiger partial charge in [-0.1, -0.05) is 41.9 Å². The zero-order chi connectivity index (χ0) is 22.2. The number of benzene rings is 2. The van der Waals surface area contributed by atoms with Gasteiger partial charge in [0.2, 0.25) is 5.91 Å². The fourth-order valence-electron chi connectivity index (χ4n) is 4.36. The van der Waals surface area contributed by atoms with Crippen molar-refractivity contribution in [1.82, 2.24) is 15.5 Å². The van der Waals surface area contributed by atoms with E-state index >= 15 is 0 Å². The fraction of sp³-hybridized carbons (Fsp3) is 0.375. The van der Waals surface area contributed by atoms with Gasteiger partial charge in [-0.15, -0.1) is 0 Å². The lowest BCUT2D eigenvalue weighted by Crippen LogP contribution is -2.43. The normalized spacial score (nSPS) is 21.5. The van der Waals surface area contributed by atoms with Crippen molar-refractivity contribution in [3.63, 3.8) is 0 Å². The van der Waals surface area contributed by atoms with Gasteiger partial charge in [-0.3, -0.25) is 14.5 Å². The van der Waals surface area contributed by atoms with Crippen molar-refractivity contribution in [1.29, 1.82) is 0 Å².